The molecule has 1 aliphatic rings. The maximum absolute atomic E-state index is 13.7. The first-order valence-corrected chi connectivity index (χ1v) is 14.3. The number of benzene rings is 2. The number of amides is 2. The lowest BCUT2D eigenvalue weighted by atomic mass is 10.1. The number of aryl methyl sites for hydroxylation is 1. The summed E-state index contributed by atoms with van der Waals surface area (Å²) < 4.78 is 38.5. The Morgan fingerprint density at radius 2 is 1.78 bits per heavy atom. The molecule has 0 fully saturated rings. The van der Waals surface area contributed by atoms with Gasteiger partial charge in [0.2, 0.25) is 21.8 Å². The molecule has 1 atom stereocenters. The van der Waals surface area contributed by atoms with Crippen LogP contribution in [0.4, 0.5) is 5.69 Å². The lowest BCUT2D eigenvalue weighted by Gasteiger charge is -2.32. The maximum Gasteiger partial charge on any atom is 0.244 e. The van der Waals surface area contributed by atoms with Crippen molar-refractivity contribution >= 4 is 27.5 Å². The van der Waals surface area contributed by atoms with Gasteiger partial charge in [-0.25, -0.2) is 8.42 Å². The van der Waals surface area contributed by atoms with E-state index in [1.807, 2.05) is 38.1 Å². The van der Waals surface area contributed by atoms with Crippen LogP contribution in [0.25, 0.3) is 0 Å². The van der Waals surface area contributed by atoms with Gasteiger partial charge in [0.1, 0.15) is 25.8 Å². The van der Waals surface area contributed by atoms with Gasteiger partial charge in [0.05, 0.1) is 11.4 Å². The van der Waals surface area contributed by atoms with Crippen molar-refractivity contribution in [3.05, 3.63) is 53.6 Å². The van der Waals surface area contributed by atoms with Gasteiger partial charge < -0.3 is 19.7 Å². The van der Waals surface area contributed by atoms with E-state index >= 15 is 0 Å². The van der Waals surface area contributed by atoms with E-state index < -0.39 is 28.5 Å². The average molecular weight is 532 g/mol. The van der Waals surface area contributed by atoms with E-state index in [0.717, 1.165) is 28.3 Å². The van der Waals surface area contributed by atoms with Gasteiger partial charge in [-0.15, -0.1) is 0 Å². The molecule has 0 spiro atoms. The number of nitrogens with one attached hydrogen (secondary N) is 1. The molecule has 1 heterocycles. The smallest absolute Gasteiger partial charge is 0.244 e. The van der Waals surface area contributed by atoms with Crippen molar-refractivity contribution in [3.8, 4) is 11.5 Å². The van der Waals surface area contributed by atoms with Crippen LogP contribution in [-0.4, -0.2) is 63.2 Å². The second-order valence-electron chi connectivity index (χ2n) is 9.07. The number of rotatable bonds is 12. The van der Waals surface area contributed by atoms with Crippen LogP contribution in [-0.2, 0) is 26.2 Å². The molecule has 0 radical (unpaired) electrons. The third-order valence-electron chi connectivity index (χ3n) is 6.23. The molecule has 0 aromatic heterocycles. The van der Waals surface area contributed by atoms with Crippen LogP contribution in [0.3, 0.4) is 0 Å². The Hall–Kier alpha value is -3.27. The Bertz CT molecular complexity index is 1200. The number of unbranched alkanes of at least 4 members (excludes halogenated alkanes) is 1. The van der Waals surface area contributed by atoms with Crippen LogP contribution in [0.5, 0.6) is 11.5 Å². The van der Waals surface area contributed by atoms with Crippen molar-refractivity contribution in [2.24, 2.45) is 0 Å². The second kappa shape index (κ2) is 12.8. The number of hydrogen-bond donors (Lipinski definition) is 1. The lowest BCUT2D eigenvalue weighted by molar-refractivity contribution is -0.139. The highest BCUT2D eigenvalue weighted by molar-refractivity contribution is 7.92. The topological polar surface area (TPSA) is 105 Å². The highest BCUT2D eigenvalue weighted by Crippen LogP contribution is 2.35. The Morgan fingerprint density at radius 3 is 2.46 bits per heavy atom. The van der Waals surface area contributed by atoms with Crippen molar-refractivity contribution < 1.29 is 27.5 Å². The van der Waals surface area contributed by atoms with Gasteiger partial charge >= 0.3 is 0 Å². The fourth-order valence-corrected chi connectivity index (χ4v) is 5.09. The van der Waals surface area contributed by atoms with Crippen molar-refractivity contribution in [3.63, 3.8) is 0 Å². The standard InChI is InChI=1S/C27H37N3O6S/c1-5-7-13-28-27(32)21(4)29(18-22-10-8-9-20(3)16-22)26(31)19-30(37(33,34)6-2)23-11-12-24-25(17-23)36-15-14-35-24/h8-12,16-17,21H,5-7,13-15,18-19H2,1-4H3,(H,28,32). The summed E-state index contributed by atoms with van der Waals surface area (Å²) in [4.78, 5) is 28.1. The van der Waals surface area contributed by atoms with Crippen molar-refractivity contribution in [2.45, 2.75) is 53.1 Å². The third-order valence-corrected chi connectivity index (χ3v) is 7.97. The average Bonchev–Trinajstić information content (AvgIpc) is 2.89. The number of nitrogens with zero attached hydrogens (tertiary/aromatic N) is 2. The number of anilines is 1. The Labute approximate surface area is 219 Å². The van der Waals surface area contributed by atoms with Crippen LogP contribution in [0.2, 0.25) is 0 Å². The second-order valence-corrected chi connectivity index (χ2v) is 11.2. The number of fused-ring (bicyclic) bond motifs is 1. The van der Waals surface area contributed by atoms with E-state index in [1.54, 1.807) is 25.1 Å². The lowest BCUT2D eigenvalue weighted by Crippen LogP contribution is -2.51. The molecular weight excluding hydrogens is 494 g/mol. The summed E-state index contributed by atoms with van der Waals surface area (Å²) in [6, 6.07) is 11.7. The quantitative estimate of drug-likeness (QED) is 0.422. The van der Waals surface area contributed by atoms with Crippen LogP contribution < -0.4 is 19.1 Å². The minimum atomic E-state index is -3.82. The van der Waals surface area contributed by atoms with Crippen LogP contribution in [0.1, 0.15) is 44.7 Å². The zero-order chi connectivity index (χ0) is 27.0. The number of ether oxygens (including phenoxy) is 2. The van der Waals surface area contributed by atoms with Gasteiger partial charge in [0.25, 0.3) is 0 Å². The van der Waals surface area contributed by atoms with Crippen LogP contribution >= 0.6 is 0 Å². The summed E-state index contributed by atoms with van der Waals surface area (Å²) in [6.07, 6.45) is 1.76. The molecule has 2 amide bonds. The van der Waals surface area contributed by atoms with Gasteiger partial charge in [-0.05, 0) is 44.9 Å². The molecule has 0 saturated carbocycles. The van der Waals surface area contributed by atoms with E-state index in [4.69, 9.17) is 9.47 Å². The largest absolute Gasteiger partial charge is 0.486 e. The Morgan fingerprint density at radius 1 is 1.05 bits per heavy atom. The fourth-order valence-electron chi connectivity index (χ4n) is 4.03. The molecule has 0 bridgehead atoms. The summed E-state index contributed by atoms with van der Waals surface area (Å²) in [6.45, 7) is 8.17. The molecule has 0 aliphatic carbocycles. The van der Waals surface area contributed by atoms with E-state index in [1.165, 1.54) is 11.8 Å². The molecule has 1 aliphatic heterocycles. The molecule has 3 rings (SSSR count). The minimum Gasteiger partial charge on any atom is -0.486 e. The SMILES string of the molecule is CCCCNC(=O)C(C)N(Cc1cccc(C)c1)C(=O)CN(c1ccc2c(c1)OCCO2)S(=O)(=O)CC. The molecule has 37 heavy (non-hydrogen) atoms. The predicted molar refractivity (Wildman–Crippen MR) is 143 cm³/mol. The molecule has 202 valence electrons. The molecule has 9 nitrogen and oxygen atoms in total. The van der Waals surface area contributed by atoms with Gasteiger partial charge in [-0.3, -0.25) is 13.9 Å². The molecule has 10 heteroatoms. The van der Waals surface area contributed by atoms with E-state index in [-0.39, 0.29) is 18.2 Å². The monoisotopic (exact) mass is 531 g/mol. The van der Waals surface area contributed by atoms with Crippen molar-refractivity contribution in [2.75, 3.05) is 36.4 Å². The Kier molecular flexibility index (Phi) is 9.79. The summed E-state index contributed by atoms with van der Waals surface area (Å²) in [5, 5.41) is 2.88. The van der Waals surface area contributed by atoms with Crippen molar-refractivity contribution in [1.29, 1.82) is 0 Å². The fraction of sp³-hybridized carbons (Fsp3) is 0.481. The van der Waals surface area contributed by atoms with E-state index in [0.29, 0.717) is 36.9 Å². The highest BCUT2D eigenvalue weighted by Gasteiger charge is 2.31. The van der Waals surface area contributed by atoms with Crippen LogP contribution in [0.15, 0.2) is 42.5 Å². The van der Waals surface area contributed by atoms with Gasteiger partial charge in [-0.2, -0.15) is 0 Å². The first-order chi connectivity index (χ1) is 17.7. The first kappa shape index (κ1) is 28.3. The van der Waals surface area contributed by atoms with Gasteiger partial charge in [0.15, 0.2) is 11.5 Å². The zero-order valence-electron chi connectivity index (χ0n) is 22.0. The van der Waals surface area contributed by atoms with Crippen LogP contribution in [0, 0.1) is 6.92 Å². The van der Waals surface area contributed by atoms with Gasteiger partial charge in [-0.1, -0.05) is 43.2 Å². The predicted octanol–water partition coefficient (Wildman–Crippen LogP) is 3.26. The third kappa shape index (κ3) is 7.38. The zero-order valence-corrected chi connectivity index (χ0v) is 22.8. The van der Waals surface area contributed by atoms with Crippen molar-refractivity contribution in [1.82, 2.24) is 10.2 Å². The summed E-state index contributed by atoms with van der Waals surface area (Å²) in [5.41, 5.74) is 2.18. The number of carbonyl (C=O) groups excluding carboxylic acids is 2. The normalized spacial score (nSPS) is 13.5. The van der Waals surface area contributed by atoms with E-state index in [9.17, 15) is 18.0 Å². The molecule has 1 unspecified atom stereocenters. The summed E-state index contributed by atoms with van der Waals surface area (Å²) in [5.74, 6) is -0.00807. The summed E-state index contributed by atoms with van der Waals surface area (Å²) >= 11 is 0. The first-order valence-electron chi connectivity index (χ1n) is 12.7. The highest BCUT2D eigenvalue weighted by atomic mass is 32.2. The molecule has 1 N–H and O–H groups in total. The van der Waals surface area contributed by atoms with Gasteiger partial charge in [0, 0.05) is 19.2 Å². The number of hydrogen-bond acceptors (Lipinski definition) is 6. The van der Waals surface area contributed by atoms with E-state index in [2.05, 4.69) is 5.32 Å². The number of sulfonamides is 1. The molecule has 2 aromatic rings. The Balaban J connectivity index is 1.92. The molecular formula is C27H37N3O6S. The molecule has 0 saturated heterocycles. The molecule has 2 aromatic carbocycles. The minimum absolute atomic E-state index is 0.171. The maximum atomic E-state index is 13.7. The summed E-state index contributed by atoms with van der Waals surface area (Å²) in [7, 11) is -3.82. The number of carbonyl (C=O) groups is 2.